The number of rotatable bonds is 3. The lowest BCUT2D eigenvalue weighted by molar-refractivity contribution is -0.146. The highest BCUT2D eigenvalue weighted by atomic mass is 19.4. The number of nitrogens with one attached hydrogen (secondary N) is 1. The standard InChI is InChI=1S/C15H12F3N5/c16-15(17,18)14-21-20-13-7-6-12(22-23(13)14)19-11-8-10(11)9-4-2-1-3-5-9/h1-7,10-11H,8H2,(H,19,22). The molecule has 118 valence electrons. The summed E-state index contributed by atoms with van der Waals surface area (Å²) in [7, 11) is 0. The van der Waals surface area contributed by atoms with E-state index in [9.17, 15) is 13.2 Å². The molecule has 1 aliphatic carbocycles. The van der Waals surface area contributed by atoms with Crippen molar-refractivity contribution < 1.29 is 13.2 Å². The fourth-order valence-corrected chi connectivity index (χ4v) is 2.66. The highest BCUT2D eigenvalue weighted by Gasteiger charge is 2.39. The van der Waals surface area contributed by atoms with E-state index in [1.807, 2.05) is 30.3 Å². The molecule has 1 aromatic carbocycles. The van der Waals surface area contributed by atoms with E-state index in [0.717, 1.165) is 10.9 Å². The molecule has 3 aromatic rings. The molecule has 0 spiro atoms. The fraction of sp³-hybridized carbons (Fsp3) is 0.267. The largest absolute Gasteiger partial charge is 0.453 e. The molecule has 2 atom stereocenters. The number of anilines is 1. The molecule has 1 saturated carbocycles. The van der Waals surface area contributed by atoms with Crippen LogP contribution in [-0.2, 0) is 6.18 Å². The summed E-state index contributed by atoms with van der Waals surface area (Å²) in [6, 6.07) is 13.3. The van der Waals surface area contributed by atoms with Crippen LogP contribution in [0.25, 0.3) is 5.65 Å². The van der Waals surface area contributed by atoms with Gasteiger partial charge in [0.25, 0.3) is 5.82 Å². The summed E-state index contributed by atoms with van der Waals surface area (Å²) in [5.74, 6) is -0.380. The fourth-order valence-electron chi connectivity index (χ4n) is 2.66. The summed E-state index contributed by atoms with van der Waals surface area (Å²) in [6.07, 6.45) is -3.66. The topological polar surface area (TPSA) is 55.1 Å². The van der Waals surface area contributed by atoms with Crippen molar-refractivity contribution in [1.29, 1.82) is 0 Å². The van der Waals surface area contributed by atoms with E-state index in [-0.39, 0.29) is 11.7 Å². The molecule has 8 heteroatoms. The zero-order valence-electron chi connectivity index (χ0n) is 11.8. The summed E-state index contributed by atoms with van der Waals surface area (Å²) in [6.45, 7) is 0. The molecule has 2 heterocycles. The van der Waals surface area contributed by atoms with E-state index in [0.29, 0.717) is 11.7 Å². The number of alkyl halides is 3. The van der Waals surface area contributed by atoms with Crippen molar-refractivity contribution >= 4 is 11.5 Å². The maximum atomic E-state index is 12.9. The molecule has 0 saturated heterocycles. The SMILES string of the molecule is FC(F)(F)c1nnc2ccc(NC3CC3c3ccccc3)nn12. The van der Waals surface area contributed by atoms with Gasteiger partial charge in [-0.3, -0.25) is 0 Å². The van der Waals surface area contributed by atoms with E-state index in [4.69, 9.17) is 0 Å². The van der Waals surface area contributed by atoms with Crippen LogP contribution in [-0.4, -0.2) is 25.9 Å². The van der Waals surface area contributed by atoms with Gasteiger partial charge in [0.05, 0.1) is 0 Å². The zero-order chi connectivity index (χ0) is 16.0. The molecule has 1 fully saturated rings. The average molecular weight is 319 g/mol. The first-order valence-corrected chi connectivity index (χ1v) is 7.13. The molecule has 1 aliphatic rings. The molecule has 0 amide bonds. The van der Waals surface area contributed by atoms with Gasteiger partial charge in [0.2, 0.25) is 0 Å². The van der Waals surface area contributed by atoms with Crippen LogP contribution in [0, 0.1) is 0 Å². The van der Waals surface area contributed by atoms with Gasteiger partial charge in [0, 0.05) is 12.0 Å². The molecule has 5 nitrogen and oxygen atoms in total. The third-order valence-electron chi connectivity index (χ3n) is 3.87. The minimum atomic E-state index is -4.59. The third-order valence-corrected chi connectivity index (χ3v) is 3.87. The van der Waals surface area contributed by atoms with Gasteiger partial charge >= 0.3 is 6.18 Å². The molecular weight excluding hydrogens is 307 g/mol. The second kappa shape index (κ2) is 4.94. The van der Waals surface area contributed by atoms with Crippen LogP contribution < -0.4 is 5.32 Å². The van der Waals surface area contributed by atoms with Crippen LogP contribution in [0.5, 0.6) is 0 Å². The van der Waals surface area contributed by atoms with Gasteiger partial charge in [-0.1, -0.05) is 30.3 Å². The smallest absolute Gasteiger partial charge is 0.365 e. The number of nitrogens with zero attached hydrogens (tertiary/aromatic N) is 4. The minimum absolute atomic E-state index is 0.0679. The highest BCUT2D eigenvalue weighted by molar-refractivity contribution is 5.47. The molecule has 1 N–H and O–H groups in total. The Morgan fingerprint density at radius 3 is 2.57 bits per heavy atom. The van der Waals surface area contributed by atoms with Crippen molar-refractivity contribution in [3.63, 3.8) is 0 Å². The lowest BCUT2D eigenvalue weighted by Gasteiger charge is -2.07. The molecule has 0 bridgehead atoms. The predicted octanol–water partition coefficient (Wildman–Crippen LogP) is 3.11. The number of hydrogen-bond donors (Lipinski definition) is 1. The van der Waals surface area contributed by atoms with Crippen molar-refractivity contribution in [3.05, 3.63) is 53.9 Å². The number of hydrogen-bond acceptors (Lipinski definition) is 4. The van der Waals surface area contributed by atoms with Crippen molar-refractivity contribution in [2.45, 2.75) is 24.6 Å². The summed E-state index contributed by atoms with van der Waals surface area (Å²) < 4.78 is 39.3. The molecule has 2 aromatic heterocycles. The highest BCUT2D eigenvalue weighted by Crippen LogP contribution is 2.42. The van der Waals surface area contributed by atoms with Gasteiger partial charge in [-0.05, 0) is 24.1 Å². The Hall–Kier alpha value is -2.64. The van der Waals surface area contributed by atoms with E-state index < -0.39 is 12.0 Å². The van der Waals surface area contributed by atoms with Gasteiger partial charge < -0.3 is 5.32 Å². The number of fused-ring (bicyclic) bond motifs is 1. The van der Waals surface area contributed by atoms with Crippen molar-refractivity contribution in [1.82, 2.24) is 19.8 Å². The van der Waals surface area contributed by atoms with Crippen LogP contribution in [0.3, 0.4) is 0 Å². The first kappa shape index (κ1) is 14.0. The Balaban J connectivity index is 1.56. The normalized spacial score (nSPS) is 20.7. The van der Waals surface area contributed by atoms with Crippen LogP contribution in [0.15, 0.2) is 42.5 Å². The average Bonchev–Trinajstić information content (AvgIpc) is 3.14. The quantitative estimate of drug-likeness (QED) is 0.806. The Kier molecular flexibility index (Phi) is 3.00. The van der Waals surface area contributed by atoms with E-state index in [1.165, 1.54) is 11.6 Å². The first-order chi connectivity index (χ1) is 11.0. The molecule has 0 aliphatic heterocycles. The Labute approximate surface area is 129 Å². The van der Waals surface area contributed by atoms with Crippen LogP contribution in [0.4, 0.5) is 19.0 Å². The molecule has 4 rings (SSSR count). The monoisotopic (exact) mass is 319 g/mol. The number of benzene rings is 1. The Morgan fingerprint density at radius 2 is 1.83 bits per heavy atom. The zero-order valence-corrected chi connectivity index (χ0v) is 11.8. The van der Waals surface area contributed by atoms with Gasteiger partial charge in [0.15, 0.2) is 5.65 Å². The van der Waals surface area contributed by atoms with Crippen LogP contribution in [0.2, 0.25) is 0 Å². The summed E-state index contributed by atoms with van der Waals surface area (Å²) in [4.78, 5) is 0. The lowest BCUT2D eigenvalue weighted by atomic mass is 10.1. The molecule has 23 heavy (non-hydrogen) atoms. The predicted molar refractivity (Wildman–Crippen MR) is 77.0 cm³/mol. The third kappa shape index (κ3) is 2.60. The minimum Gasteiger partial charge on any atom is -0.365 e. The first-order valence-electron chi connectivity index (χ1n) is 7.13. The summed E-state index contributed by atoms with van der Waals surface area (Å²) in [5, 5.41) is 13.8. The van der Waals surface area contributed by atoms with Crippen LogP contribution in [0.1, 0.15) is 23.7 Å². The second-order valence-corrected chi connectivity index (χ2v) is 5.51. The van der Waals surface area contributed by atoms with E-state index >= 15 is 0 Å². The Morgan fingerprint density at radius 1 is 1.04 bits per heavy atom. The maximum absolute atomic E-state index is 12.9. The van der Waals surface area contributed by atoms with Gasteiger partial charge in [-0.15, -0.1) is 15.3 Å². The summed E-state index contributed by atoms with van der Waals surface area (Å²) >= 11 is 0. The second-order valence-electron chi connectivity index (χ2n) is 5.51. The van der Waals surface area contributed by atoms with Gasteiger partial charge in [-0.25, -0.2) is 0 Å². The van der Waals surface area contributed by atoms with Crippen LogP contribution >= 0.6 is 0 Å². The van der Waals surface area contributed by atoms with Gasteiger partial charge in [-0.2, -0.15) is 17.7 Å². The van der Waals surface area contributed by atoms with E-state index in [1.54, 1.807) is 6.07 Å². The van der Waals surface area contributed by atoms with Crippen molar-refractivity contribution in [2.24, 2.45) is 0 Å². The maximum Gasteiger partial charge on any atom is 0.453 e. The molecular formula is C15H12F3N5. The summed E-state index contributed by atoms with van der Waals surface area (Å²) in [5.41, 5.74) is 1.28. The van der Waals surface area contributed by atoms with Crippen molar-refractivity contribution in [3.8, 4) is 0 Å². The van der Waals surface area contributed by atoms with E-state index in [2.05, 4.69) is 20.6 Å². The molecule has 2 unspecified atom stereocenters. The lowest BCUT2D eigenvalue weighted by Crippen LogP contribution is -2.14. The number of halogens is 3. The number of aromatic nitrogens is 4. The van der Waals surface area contributed by atoms with Gasteiger partial charge in [0.1, 0.15) is 5.82 Å². The Bertz CT molecular complexity index is 843. The van der Waals surface area contributed by atoms with Crippen molar-refractivity contribution in [2.75, 3.05) is 5.32 Å². The molecule has 0 radical (unpaired) electrons.